The number of carbonyl (C=O) groups is 2. The summed E-state index contributed by atoms with van der Waals surface area (Å²) in [4.78, 5) is 52.8. The fraction of sp³-hybridized carbons (Fsp3) is 0.182. The lowest BCUT2D eigenvalue weighted by Crippen LogP contribution is -2.39. The van der Waals surface area contributed by atoms with E-state index >= 15 is 0 Å². The number of H-pyrrole nitrogens is 1. The first-order chi connectivity index (χ1) is 14.8. The molecule has 1 heterocycles. The van der Waals surface area contributed by atoms with Crippen molar-refractivity contribution in [1.29, 1.82) is 0 Å². The van der Waals surface area contributed by atoms with Crippen LogP contribution in [0.25, 0.3) is 0 Å². The first-order valence-corrected chi connectivity index (χ1v) is 9.66. The van der Waals surface area contributed by atoms with Crippen molar-refractivity contribution in [2.24, 2.45) is 0 Å². The minimum atomic E-state index is -0.766. The lowest BCUT2D eigenvalue weighted by atomic mass is 10.1. The summed E-state index contributed by atoms with van der Waals surface area (Å²) in [5.41, 5.74) is 6.10. The zero-order chi connectivity index (χ0) is 22.5. The molecule has 0 aliphatic rings. The summed E-state index contributed by atoms with van der Waals surface area (Å²) in [6.07, 6.45) is 0.299. The molecule has 31 heavy (non-hydrogen) atoms. The van der Waals surface area contributed by atoms with Crippen molar-refractivity contribution in [2.45, 2.75) is 19.9 Å². The van der Waals surface area contributed by atoms with Gasteiger partial charge in [0.05, 0.1) is 6.54 Å². The van der Waals surface area contributed by atoms with Gasteiger partial charge in [-0.15, -0.1) is 0 Å². The smallest absolute Gasteiger partial charge is 0.330 e. The Labute approximate surface area is 178 Å². The van der Waals surface area contributed by atoms with E-state index in [2.05, 4.69) is 10.3 Å². The van der Waals surface area contributed by atoms with Crippen LogP contribution in [0, 0.1) is 0 Å². The van der Waals surface area contributed by atoms with Gasteiger partial charge in [0.25, 0.3) is 11.5 Å². The molecular weight excluding hydrogens is 398 g/mol. The van der Waals surface area contributed by atoms with E-state index in [9.17, 15) is 19.2 Å². The van der Waals surface area contributed by atoms with E-state index in [-0.39, 0.29) is 29.5 Å². The number of benzene rings is 2. The number of carbonyl (C=O) groups excluding carboxylic acids is 2. The summed E-state index contributed by atoms with van der Waals surface area (Å²) in [5.74, 6) is -0.828. The van der Waals surface area contributed by atoms with E-state index in [1.807, 2.05) is 30.3 Å². The molecule has 0 fully saturated rings. The molecule has 0 aliphatic heterocycles. The maximum Gasteiger partial charge on any atom is 0.330 e. The van der Waals surface area contributed by atoms with E-state index in [1.165, 1.54) is 17.7 Å². The third-order valence-electron chi connectivity index (χ3n) is 4.75. The van der Waals surface area contributed by atoms with Gasteiger partial charge >= 0.3 is 5.69 Å². The lowest BCUT2D eigenvalue weighted by Gasteiger charge is -2.21. The van der Waals surface area contributed by atoms with Crippen molar-refractivity contribution >= 4 is 29.0 Å². The van der Waals surface area contributed by atoms with Crippen LogP contribution < -0.4 is 27.2 Å². The van der Waals surface area contributed by atoms with Crippen molar-refractivity contribution in [3.05, 3.63) is 86.6 Å². The second-order valence-corrected chi connectivity index (χ2v) is 6.91. The number of nitrogens with zero attached hydrogens (tertiary/aromatic N) is 2. The average molecular weight is 421 g/mol. The van der Waals surface area contributed by atoms with Crippen LogP contribution >= 0.6 is 0 Å². The molecule has 0 aliphatic carbocycles. The Kier molecular flexibility index (Phi) is 6.35. The standard InChI is InChI=1S/C22H23N5O4/c1-3-17(28)24-16-11-7-10-15(12-16)21(30)26(2)18-19(23)27(22(31)25-20(18)29)13-14-8-5-4-6-9-14/h4-12H,3,13,23H2,1-2H3,(H,24,28)(H,25,29,31). The number of hydrogen-bond donors (Lipinski definition) is 3. The number of amides is 2. The van der Waals surface area contributed by atoms with E-state index in [0.717, 1.165) is 10.5 Å². The summed E-state index contributed by atoms with van der Waals surface area (Å²) >= 11 is 0. The fourth-order valence-electron chi connectivity index (χ4n) is 3.10. The summed E-state index contributed by atoms with van der Waals surface area (Å²) in [6, 6.07) is 15.5. The SMILES string of the molecule is CCC(=O)Nc1cccc(C(=O)N(C)c2c(N)n(Cc3ccccc3)c(=O)[nH]c2=O)c1. The molecule has 3 aromatic rings. The van der Waals surface area contributed by atoms with Gasteiger partial charge in [-0.3, -0.25) is 23.9 Å². The van der Waals surface area contributed by atoms with Gasteiger partial charge in [-0.05, 0) is 23.8 Å². The highest BCUT2D eigenvalue weighted by atomic mass is 16.2. The molecule has 0 unspecified atom stereocenters. The highest BCUT2D eigenvalue weighted by Crippen LogP contribution is 2.20. The number of aromatic nitrogens is 2. The summed E-state index contributed by atoms with van der Waals surface area (Å²) in [7, 11) is 1.40. The first-order valence-electron chi connectivity index (χ1n) is 9.66. The number of anilines is 3. The maximum atomic E-state index is 13.0. The number of nitrogens with two attached hydrogens (primary N) is 1. The summed E-state index contributed by atoms with van der Waals surface area (Å²) in [5, 5.41) is 2.68. The third kappa shape index (κ3) is 4.72. The Morgan fingerprint density at radius 1 is 1.10 bits per heavy atom. The zero-order valence-corrected chi connectivity index (χ0v) is 17.2. The lowest BCUT2D eigenvalue weighted by molar-refractivity contribution is -0.115. The minimum absolute atomic E-state index is 0.121. The third-order valence-corrected chi connectivity index (χ3v) is 4.75. The zero-order valence-electron chi connectivity index (χ0n) is 17.2. The van der Waals surface area contributed by atoms with Crippen molar-refractivity contribution in [3.8, 4) is 0 Å². The highest BCUT2D eigenvalue weighted by Gasteiger charge is 2.22. The van der Waals surface area contributed by atoms with Crippen molar-refractivity contribution in [2.75, 3.05) is 23.0 Å². The predicted octanol–water partition coefficient (Wildman–Crippen LogP) is 1.79. The van der Waals surface area contributed by atoms with Crippen LogP contribution in [0.15, 0.2) is 64.2 Å². The van der Waals surface area contributed by atoms with Crippen molar-refractivity contribution in [1.82, 2.24) is 9.55 Å². The molecular formula is C22H23N5O4. The van der Waals surface area contributed by atoms with Gasteiger partial charge in [-0.2, -0.15) is 0 Å². The van der Waals surface area contributed by atoms with Gasteiger partial charge in [0.1, 0.15) is 5.82 Å². The Balaban J connectivity index is 1.97. The Morgan fingerprint density at radius 2 is 1.81 bits per heavy atom. The number of rotatable bonds is 6. The van der Waals surface area contributed by atoms with Crippen LogP contribution in [-0.2, 0) is 11.3 Å². The molecule has 0 saturated heterocycles. The molecule has 3 rings (SSSR count). The van der Waals surface area contributed by atoms with Gasteiger partial charge in [0.15, 0.2) is 5.69 Å². The Morgan fingerprint density at radius 3 is 2.48 bits per heavy atom. The van der Waals surface area contributed by atoms with Crippen LogP contribution in [-0.4, -0.2) is 28.4 Å². The molecule has 4 N–H and O–H groups in total. The topological polar surface area (TPSA) is 130 Å². The van der Waals surface area contributed by atoms with Crippen LogP contribution in [0.2, 0.25) is 0 Å². The molecule has 0 bridgehead atoms. The van der Waals surface area contributed by atoms with Crippen LogP contribution in [0.5, 0.6) is 0 Å². The Bertz CT molecular complexity index is 1230. The van der Waals surface area contributed by atoms with Crippen molar-refractivity contribution < 1.29 is 9.59 Å². The molecule has 2 aromatic carbocycles. The Hall–Kier alpha value is -4.14. The van der Waals surface area contributed by atoms with Crippen LogP contribution in [0.4, 0.5) is 17.2 Å². The summed E-state index contributed by atoms with van der Waals surface area (Å²) in [6.45, 7) is 1.85. The molecule has 9 nitrogen and oxygen atoms in total. The number of hydrogen-bond acceptors (Lipinski definition) is 5. The highest BCUT2D eigenvalue weighted by molar-refractivity contribution is 6.07. The molecule has 0 radical (unpaired) electrons. The molecule has 2 amide bonds. The average Bonchev–Trinajstić information content (AvgIpc) is 2.76. The minimum Gasteiger partial charge on any atom is -0.383 e. The fourth-order valence-corrected chi connectivity index (χ4v) is 3.10. The maximum absolute atomic E-state index is 13.0. The first kappa shape index (κ1) is 21.6. The molecule has 0 atom stereocenters. The van der Waals surface area contributed by atoms with E-state index < -0.39 is 17.2 Å². The monoisotopic (exact) mass is 421 g/mol. The van der Waals surface area contributed by atoms with Crippen LogP contribution in [0.1, 0.15) is 29.3 Å². The van der Waals surface area contributed by atoms with E-state index in [1.54, 1.807) is 25.1 Å². The molecule has 0 saturated carbocycles. The second-order valence-electron chi connectivity index (χ2n) is 6.91. The van der Waals surface area contributed by atoms with Gasteiger partial charge in [-0.1, -0.05) is 43.3 Å². The van der Waals surface area contributed by atoms with Gasteiger partial charge in [0, 0.05) is 24.7 Å². The summed E-state index contributed by atoms with van der Waals surface area (Å²) < 4.78 is 1.20. The number of aromatic amines is 1. The van der Waals surface area contributed by atoms with E-state index in [0.29, 0.717) is 12.1 Å². The van der Waals surface area contributed by atoms with Gasteiger partial charge < -0.3 is 16.0 Å². The number of nitrogens with one attached hydrogen (secondary N) is 2. The van der Waals surface area contributed by atoms with Gasteiger partial charge in [-0.25, -0.2) is 4.79 Å². The van der Waals surface area contributed by atoms with Crippen molar-refractivity contribution in [3.63, 3.8) is 0 Å². The molecule has 0 spiro atoms. The predicted molar refractivity (Wildman–Crippen MR) is 119 cm³/mol. The number of nitrogen functional groups attached to an aromatic ring is 1. The quantitative estimate of drug-likeness (QED) is 0.559. The normalized spacial score (nSPS) is 10.5. The molecule has 160 valence electrons. The molecule has 1 aromatic heterocycles. The van der Waals surface area contributed by atoms with Gasteiger partial charge in [0.2, 0.25) is 5.91 Å². The largest absolute Gasteiger partial charge is 0.383 e. The molecule has 9 heteroatoms. The van der Waals surface area contributed by atoms with Crippen LogP contribution in [0.3, 0.4) is 0 Å². The second kappa shape index (κ2) is 9.12. The van der Waals surface area contributed by atoms with E-state index in [4.69, 9.17) is 5.73 Å².